The summed E-state index contributed by atoms with van der Waals surface area (Å²) in [5.41, 5.74) is 3.45. The molecule has 0 unspecified atom stereocenters. The van der Waals surface area contributed by atoms with Crippen molar-refractivity contribution in [2.45, 2.75) is 32.5 Å². The van der Waals surface area contributed by atoms with Gasteiger partial charge in [-0.1, -0.05) is 29.5 Å². The number of thiophene rings is 1. The highest BCUT2D eigenvalue weighted by Gasteiger charge is 2.15. The summed E-state index contributed by atoms with van der Waals surface area (Å²) in [6, 6.07) is 11.6. The third kappa shape index (κ3) is 4.03. The molecule has 1 amide bonds. The number of hydrogen-bond acceptors (Lipinski definition) is 6. The van der Waals surface area contributed by atoms with Crippen LogP contribution >= 0.6 is 23.1 Å². The first-order chi connectivity index (χ1) is 14.5. The van der Waals surface area contributed by atoms with Crippen molar-refractivity contribution in [1.29, 1.82) is 0 Å². The van der Waals surface area contributed by atoms with Crippen molar-refractivity contribution in [1.82, 2.24) is 19.3 Å². The first-order valence-corrected chi connectivity index (χ1v) is 11.4. The van der Waals surface area contributed by atoms with Crippen molar-refractivity contribution >= 4 is 45.0 Å². The van der Waals surface area contributed by atoms with E-state index in [1.807, 2.05) is 62.5 Å². The minimum atomic E-state index is -0.185. The molecular formula is C21H21N5O2S2. The molecule has 3 heterocycles. The van der Waals surface area contributed by atoms with Crippen molar-refractivity contribution in [2.24, 2.45) is 0 Å². The summed E-state index contributed by atoms with van der Waals surface area (Å²) in [6.45, 7) is 6.31. The van der Waals surface area contributed by atoms with E-state index >= 15 is 0 Å². The SMILES string of the molecule is CCn1c(SCC(=O)Nc2cc(C)nn2-c2ccc(C)cc2)nc2ccsc2c1=O. The van der Waals surface area contributed by atoms with Gasteiger partial charge in [0.05, 0.1) is 22.7 Å². The van der Waals surface area contributed by atoms with E-state index in [2.05, 4.69) is 15.4 Å². The van der Waals surface area contributed by atoms with E-state index in [-0.39, 0.29) is 17.2 Å². The monoisotopic (exact) mass is 439 g/mol. The van der Waals surface area contributed by atoms with Crippen LogP contribution in [0, 0.1) is 13.8 Å². The Labute approximate surface area is 181 Å². The number of benzene rings is 1. The Morgan fingerprint density at radius 2 is 1.97 bits per heavy atom. The van der Waals surface area contributed by atoms with E-state index in [4.69, 9.17) is 0 Å². The van der Waals surface area contributed by atoms with E-state index < -0.39 is 0 Å². The summed E-state index contributed by atoms with van der Waals surface area (Å²) < 4.78 is 3.97. The number of amides is 1. The number of anilines is 1. The summed E-state index contributed by atoms with van der Waals surface area (Å²) in [4.78, 5) is 29.8. The van der Waals surface area contributed by atoms with E-state index in [1.165, 1.54) is 23.1 Å². The number of carbonyl (C=O) groups is 1. The maximum atomic E-state index is 12.6. The molecule has 0 fully saturated rings. The largest absolute Gasteiger partial charge is 0.310 e. The molecule has 0 radical (unpaired) electrons. The molecule has 7 nitrogen and oxygen atoms in total. The number of aryl methyl sites for hydroxylation is 2. The first-order valence-electron chi connectivity index (χ1n) is 9.50. The molecule has 4 aromatic rings. The Balaban J connectivity index is 1.52. The lowest BCUT2D eigenvalue weighted by atomic mass is 10.2. The van der Waals surface area contributed by atoms with Crippen molar-refractivity contribution < 1.29 is 4.79 Å². The third-order valence-electron chi connectivity index (χ3n) is 4.56. The molecule has 1 aromatic carbocycles. The van der Waals surface area contributed by atoms with Gasteiger partial charge in [0.1, 0.15) is 10.5 Å². The Hall–Kier alpha value is -2.91. The average molecular weight is 440 g/mol. The van der Waals surface area contributed by atoms with Crippen molar-refractivity contribution in [3.05, 3.63) is 63.4 Å². The Kier molecular flexibility index (Phi) is 5.74. The second-order valence-corrected chi connectivity index (χ2v) is 8.69. The zero-order valence-corrected chi connectivity index (χ0v) is 18.5. The molecule has 0 aliphatic heterocycles. The van der Waals surface area contributed by atoms with E-state index in [1.54, 1.807) is 9.25 Å². The number of nitrogens with zero attached hydrogens (tertiary/aromatic N) is 4. The number of thioether (sulfide) groups is 1. The number of hydrogen-bond donors (Lipinski definition) is 1. The fourth-order valence-electron chi connectivity index (χ4n) is 3.09. The number of rotatable bonds is 6. The maximum Gasteiger partial charge on any atom is 0.272 e. The summed E-state index contributed by atoms with van der Waals surface area (Å²) >= 11 is 2.64. The predicted octanol–water partition coefficient (Wildman–Crippen LogP) is 4.01. The van der Waals surface area contributed by atoms with Gasteiger partial charge in [-0.2, -0.15) is 5.10 Å². The molecule has 1 N–H and O–H groups in total. The number of carbonyl (C=O) groups excluding carboxylic acids is 1. The Morgan fingerprint density at radius 3 is 2.70 bits per heavy atom. The molecular weight excluding hydrogens is 418 g/mol. The third-order valence-corrected chi connectivity index (χ3v) is 6.43. The van der Waals surface area contributed by atoms with E-state index in [9.17, 15) is 9.59 Å². The summed E-state index contributed by atoms with van der Waals surface area (Å²) in [5.74, 6) is 0.562. The number of fused-ring (bicyclic) bond motifs is 1. The van der Waals surface area contributed by atoms with Gasteiger partial charge in [0.25, 0.3) is 5.56 Å². The van der Waals surface area contributed by atoms with Gasteiger partial charge < -0.3 is 5.32 Å². The molecule has 0 spiro atoms. The highest BCUT2D eigenvalue weighted by molar-refractivity contribution is 7.99. The average Bonchev–Trinajstić information content (AvgIpc) is 3.33. The van der Waals surface area contributed by atoms with Crippen LogP contribution in [0.25, 0.3) is 15.9 Å². The van der Waals surface area contributed by atoms with Crippen molar-refractivity contribution in [3.63, 3.8) is 0 Å². The molecule has 9 heteroatoms. The summed E-state index contributed by atoms with van der Waals surface area (Å²) in [6.07, 6.45) is 0. The zero-order chi connectivity index (χ0) is 21.3. The normalized spacial score (nSPS) is 11.2. The molecule has 0 aliphatic carbocycles. The van der Waals surface area contributed by atoms with Crippen molar-refractivity contribution in [2.75, 3.05) is 11.1 Å². The molecule has 0 atom stereocenters. The fraction of sp³-hybridized carbons (Fsp3) is 0.238. The molecule has 30 heavy (non-hydrogen) atoms. The van der Waals surface area contributed by atoms with Gasteiger partial charge in [0.15, 0.2) is 5.16 Å². The number of nitrogens with one attached hydrogen (secondary N) is 1. The molecule has 4 rings (SSSR count). The van der Waals surface area contributed by atoms with Crippen LogP contribution in [-0.2, 0) is 11.3 Å². The van der Waals surface area contributed by atoms with Gasteiger partial charge in [-0.25, -0.2) is 9.67 Å². The maximum absolute atomic E-state index is 12.6. The highest BCUT2D eigenvalue weighted by atomic mass is 32.2. The molecule has 0 saturated heterocycles. The van der Waals surface area contributed by atoms with Gasteiger partial charge >= 0.3 is 0 Å². The minimum absolute atomic E-state index is 0.0616. The van der Waals surface area contributed by atoms with Crippen LogP contribution in [0.4, 0.5) is 5.82 Å². The van der Waals surface area contributed by atoms with Crippen LogP contribution in [0.3, 0.4) is 0 Å². The lowest BCUT2D eigenvalue weighted by molar-refractivity contribution is -0.113. The van der Waals surface area contributed by atoms with Gasteiger partial charge in [0, 0.05) is 12.6 Å². The van der Waals surface area contributed by atoms with E-state index in [0.29, 0.717) is 27.7 Å². The topological polar surface area (TPSA) is 81.8 Å². The first kappa shape index (κ1) is 20.4. The van der Waals surface area contributed by atoms with Crippen LogP contribution in [0.5, 0.6) is 0 Å². The van der Waals surface area contributed by atoms with Crippen molar-refractivity contribution in [3.8, 4) is 5.69 Å². The minimum Gasteiger partial charge on any atom is -0.310 e. The Bertz CT molecular complexity index is 1270. The lowest BCUT2D eigenvalue weighted by Gasteiger charge is -2.11. The van der Waals surface area contributed by atoms with Gasteiger partial charge in [0.2, 0.25) is 5.91 Å². The van der Waals surface area contributed by atoms with E-state index in [0.717, 1.165) is 16.9 Å². The van der Waals surface area contributed by atoms with Crippen LogP contribution in [0.2, 0.25) is 0 Å². The zero-order valence-electron chi connectivity index (χ0n) is 16.9. The van der Waals surface area contributed by atoms with Gasteiger partial charge in [-0.05, 0) is 44.4 Å². The molecule has 3 aromatic heterocycles. The predicted molar refractivity (Wildman–Crippen MR) is 122 cm³/mol. The quantitative estimate of drug-likeness (QED) is 0.363. The molecule has 0 bridgehead atoms. The van der Waals surface area contributed by atoms with Crippen LogP contribution in [0.1, 0.15) is 18.2 Å². The number of aromatic nitrogens is 4. The second-order valence-electron chi connectivity index (χ2n) is 6.83. The fourth-order valence-corrected chi connectivity index (χ4v) is 4.73. The Morgan fingerprint density at radius 1 is 1.20 bits per heavy atom. The second kappa shape index (κ2) is 8.45. The molecule has 0 saturated carbocycles. The van der Waals surface area contributed by atoms with Crippen LogP contribution < -0.4 is 10.9 Å². The molecule has 154 valence electrons. The van der Waals surface area contributed by atoms with Gasteiger partial charge in [-0.15, -0.1) is 11.3 Å². The highest BCUT2D eigenvalue weighted by Crippen LogP contribution is 2.22. The summed E-state index contributed by atoms with van der Waals surface area (Å²) in [7, 11) is 0. The molecule has 0 aliphatic rings. The van der Waals surface area contributed by atoms with Gasteiger partial charge in [-0.3, -0.25) is 14.2 Å². The summed E-state index contributed by atoms with van der Waals surface area (Å²) in [5, 5.41) is 9.82. The lowest BCUT2D eigenvalue weighted by Crippen LogP contribution is -2.23. The van der Waals surface area contributed by atoms with Crippen LogP contribution in [-0.4, -0.2) is 31.0 Å². The van der Waals surface area contributed by atoms with Crippen LogP contribution in [0.15, 0.2) is 51.7 Å². The smallest absolute Gasteiger partial charge is 0.272 e. The standard InChI is InChI=1S/C21H21N5O2S2/c1-4-25-20(28)19-16(9-10-29-19)22-21(25)30-12-18(27)23-17-11-14(3)24-26(17)15-7-5-13(2)6-8-15/h5-11H,4,12H2,1-3H3,(H,23,27).